The fourth-order valence-electron chi connectivity index (χ4n) is 4.29. The molecule has 2 unspecified atom stereocenters. The van der Waals surface area contributed by atoms with Crippen molar-refractivity contribution in [3.63, 3.8) is 0 Å². The zero-order valence-corrected chi connectivity index (χ0v) is 25.2. The molecule has 0 aliphatic rings. The molecule has 2 aromatic carbocycles. The van der Waals surface area contributed by atoms with E-state index in [-0.39, 0.29) is 24.4 Å². The Kier molecular flexibility index (Phi) is 12.0. The molecule has 0 aliphatic heterocycles. The van der Waals surface area contributed by atoms with Crippen LogP contribution in [-0.4, -0.2) is 61.9 Å². The third kappa shape index (κ3) is 10.8. The van der Waals surface area contributed by atoms with Crippen molar-refractivity contribution in [3.8, 4) is 11.8 Å². The molecule has 0 aliphatic carbocycles. The maximum Gasteiger partial charge on any atom is 0.407 e. The highest BCUT2D eigenvalue weighted by atomic mass is 32.2. The Hall–Kier alpha value is -3.13. The van der Waals surface area contributed by atoms with E-state index in [2.05, 4.69) is 11.4 Å². The Morgan fingerprint density at radius 1 is 1.07 bits per heavy atom. The van der Waals surface area contributed by atoms with Crippen LogP contribution in [0.25, 0.3) is 0 Å². The minimum absolute atomic E-state index is 0.0630. The molecule has 10 heteroatoms. The van der Waals surface area contributed by atoms with Crippen LogP contribution in [0.5, 0.6) is 5.75 Å². The third-order valence-electron chi connectivity index (χ3n) is 6.30. The number of aliphatic hydroxyl groups is 1. The topological polar surface area (TPSA) is 129 Å². The molecule has 0 spiro atoms. The number of methoxy groups -OCH3 is 1. The van der Waals surface area contributed by atoms with Crippen LogP contribution < -0.4 is 10.1 Å². The summed E-state index contributed by atoms with van der Waals surface area (Å²) < 4.78 is 39.6. The van der Waals surface area contributed by atoms with Gasteiger partial charge in [-0.25, -0.2) is 13.2 Å². The van der Waals surface area contributed by atoms with E-state index >= 15 is 0 Å². The van der Waals surface area contributed by atoms with Gasteiger partial charge < -0.3 is 19.9 Å². The van der Waals surface area contributed by atoms with Crippen molar-refractivity contribution in [1.82, 2.24) is 9.62 Å². The van der Waals surface area contributed by atoms with E-state index in [1.807, 2.05) is 44.2 Å². The lowest BCUT2D eigenvalue weighted by Gasteiger charge is -2.35. The molecule has 40 heavy (non-hydrogen) atoms. The second-order valence-electron chi connectivity index (χ2n) is 11.7. The van der Waals surface area contributed by atoms with E-state index < -0.39 is 39.3 Å². The molecule has 0 saturated carbocycles. The van der Waals surface area contributed by atoms with E-state index in [0.29, 0.717) is 25.0 Å². The Morgan fingerprint density at radius 2 is 1.70 bits per heavy atom. The zero-order valence-electron chi connectivity index (χ0n) is 24.4. The van der Waals surface area contributed by atoms with Gasteiger partial charge in [0, 0.05) is 19.5 Å². The van der Waals surface area contributed by atoms with Gasteiger partial charge >= 0.3 is 6.09 Å². The summed E-state index contributed by atoms with van der Waals surface area (Å²) in [5.41, 5.74) is -0.364. The van der Waals surface area contributed by atoms with E-state index in [9.17, 15) is 18.3 Å². The predicted molar refractivity (Wildman–Crippen MR) is 154 cm³/mol. The number of benzene rings is 2. The predicted octanol–water partition coefficient (Wildman–Crippen LogP) is 4.90. The largest absolute Gasteiger partial charge is 0.497 e. The number of nitrogens with zero attached hydrogens (tertiary/aromatic N) is 2. The standard InChI is InChI=1S/C30H43N3O6S/c1-29(2,3)39-28(35)32-26(20-23-12-8-7-9-13-23)27(34)21-33(22-30(4,5)18-10-11-19-31)40(36,37)25-16-14-24(38-6)15-17-25/h7-9,12-17,26-27,34H,10-11,18,20-22H2,1-6H3,(H,32,35). The Morgan fingerprint density at radius 3 is 2.25 bits per heavy atom. The summed E-state index contributed by atoms with van der Waals surface area (Å²) in [4.78, 5) is 12.8. The van der Waals surface area contributed by atoms with Crippen molar-refractivity contribution in [2.24, 2.45) is 5.41 Å². The van der Waals surface area contributed by atoms with Crippen LogP contribution in [0.1, 0.15) is 59.4 Å². The van der Waals surface area contributed by atoms with Crippen molar-refractivity contribution < 1.29 is 27.8 Å². The quantitative estimate of drug-likeness (QED) is 0.308. The average Bonchev–Trinajstić information content (AvgIpc) is 2.87. The monoisotopic (exact) mass is 573 g/mol. The van der Waals surface area contributed by atoms with E-state index in [4.69, 9.17) is 14.7 Å². The summed E-state index contributed by atoms with van der Waals surface area (Å²) in [6, 6.07) is 16.7. The summed E-state index contributed by atoms with van der Waals surface area (Å²) >= 11 is 0. The Balaban J connectivity index is 2.41. The number of unbranched alkanes of at least 4 members (excludes halogenated alkanes) is 1. The molecule has 220 valence electrons. The lowest BCUT2D eigenvalue weighted by molar-refractivity contribution is 0.0391. The number of carbonyl (C=O) groups excluding carboxylic acids is 1. The van der Waals surface area contributed by atoms with Crippen LogP contribution in [0.4, 0.5) is 4.79 Å². The van der Waals surface area contributed by atoms with Crippen molar-refractivity contribution in [1.29, 1.82) is 5.26 Å². The first-order chi connectivity index (χ1) is 18.7. The van der Waals surface area contributed by atoms with Gasteiger partial charge in [0.2, 0.25) is 10.0 Å². The van der Waals surface area contributed by atoms with Crippen molar-refractivity contribution in [2.75, 3.05) is 20.2 Å². The molecule has 0 bridgehead atoms. The fraction of sp³-hybridized carbons (Fsp3) is 0.533. The van der Waals surface area contributed by atoms with E-state index in [0.717, 1.165) is 5.56 Å². The molecular weight excluding hydrogens is 530 g/mol. The number of nitriles is 1. The number of rotatable bonds is 14. The highest BCUT2D eigenvalue weighted by Gasteiger charge is 2.35. The highest BCUT2D eigenvalue weighted by Crippen LogP contribution is 2.29. The highest BCUT2D eigenvalue weighted by molar-refractivity contribution is 7.89. The SMILES string of the molecule is COc1ccc(S(=O)(=O)N(CC(O)C(Cc2ccccc2)NC(=O)OC(C)(C)C)CC(C)(C)CCCC#N)cc1. The minimum atomic E-state index is -4.04. The van der Waals surface area contributed by atoms with Crippen molar-refractivity contribution >= 4 is 16.1 Å². The molecular formula is C30H43N3O6S. The molecule has 0 fully saturated rings. The maximum absolute atomic E-state index is 13.9. The zero-order chi connectivity index (χ0) is 30.0. The van der Waals surface area contributed by atoms with Gasteiger partial charge in [-0.3, -0.25) is 0 Å². The second-order valence-corrected chi connectivity index (χ2v) is 13.6. The molecule has 1 amide bonds. The first-order valence-corrected chi connectivity index (χ1v) is 14.8. The minimum Gasteiger partial charge on any atom is -0.497 e. The smallest absolute Gasteiger partial charge is 0.407 e. The number of amides is 1. The molecule has 2 rings (SSSR count). The first kappa shape index (κ1) is 33.1. The summed E-state index contributed by atoms with van der Waals surface area (Å²) in [6.07, 6.45) is -0.0715. The molecule has 0 saturated heterocycles. The normalized spacial score (nSPS) is 13.8. The van der Waals surface area contributed by atoms with E-state index in [1.54, 1.807) is 32.9 Å². The summed E-state index contributed by atoms with van der Waals surface area (Å²) in [5, 5.41) is 23.2. The molecule has 2 aromatic rings. The molecule has 0 radical (unpaired) electrons. The second kappa shape index (κ2) is 14.5. The van der Waals surface area contributed by atoms with Gasteiger partial charge in [-0.15, -0.1) is 0 Å². The molecule has 2 N–H and O–H groups in total. The van der Waals surface area contributed by atoms with Crippen LogP contribution >= 0.6 is 0 Å². The van der Waals surface area contributed by atoms with Gasteiger partial charge in [-0.2, -0.15) is 9.57 Å². The summed E-state index contributed by atoms with van der Waals surface area (Å²) in [6.45, 7) is 8.95. The summed E-state index contributed by atoms with van der Waals surface area (Å²) in [5.74, 6) is 0.520. The van der Waals surface area contributed by atoms with Crippen molar-refractivity contribution in [2.45, 2.75) is 82.9 Å². The van der Waals surface area contributed by atoms with Gasteiger partial charge in [-0.05, 0) is 75.3 Å². The van der Waals surface area contributed by atoms with Gasteiger partial charge in [-0.1, -0.05) is 44.2 Å². The van der Waals surface area contributed by atoms with Crippen LogP contribution in [0.15, 0.2) is 59.5 Å². The van der Waals surface area contributed by atoms with Crippen LogP contribution in [0.2, 0.25) is 0 Å². The molecule has 9 nitrogen and oxygen atoms in total. The molecule has 2 atom stereocenters. The van der Waals surface area contributed by atoms with Crippen molar-refractivity contribution in [3.05, 3.63) is 60.2 Å². The van der Waals surface area contributed by atoms with Gasteiger partial charge in [0.25, 0.3) is 0 Å². The van der Waals surface area contributed by atoms with Gasteiger partial charge in [0.05, 0.1) is 30.2 Å². The maximum atomic E-state index is 13.9. The molecule has 0 aromatic heterocycles. The number of ether oxygens (including phenoxy) is 2. The summed E-state index contributed by atoms with van der Waals surface area (Å²) in [7, 11) is -2.54. The first-order valence-electron chi connectivity index (χ1n) is 13.4. The number of hydrogen-bond donors (Lipinski definition) is 2. The van der Waals surface area contributed by atoms with Gasteiger partial charge in [0.15, 0.2) is 0 Å². The number of carbonyl (C=O) groups is 1. The fourth-order valence-corrected chi connectivity index (χ4v) is 5.94. The Bertz CT molecular complexity index is 1220. The number of nitrogens with one attached hydrogen (secondary N) is 1. The number of sulfonamides is 1. The number of aliphatic hydroxyl groups excluding tert-OH is 1. The van der Waals surface area contributed by atoms with Crippen LogP contribution in [-0.2, 0) is 21.2 Å². The van der Waals surface area contributed by atoms with Crippen LogP contribution in [0, 0.1) is 16.7 Å². The lowest BCUT2D eigenvalue weighted by Crippen LogP contribution is -2.52. The van der Waals surface area contributed by atoms with Gasteiger partial charge in [0.1, 0.15) is 11.4 Å². The number of alkyl carbamates (subject to hydrolysis) is 1. The third-order valence-corrected chi connectivity index (χ3v) is 8.13. The lowest BCUT2D eigenvalue weighted by atomic mass is 9.87. The molecule has 0 heterocycles. The number of hydrogen-bond acceptors (Lipinski definition) is 7. The Labute approximate surface area is 239 Å². The average molecular weight is 574 g/mol. The van der Waals surface area contributed by atoms with Crippen LogP contribution in [0.3, 0.4) is 0 Å². The van der Waals surface area contributed by atoms with E-state index in [1.165, 1.54) is 23.5 Å².